The van der Waals surface area contributed by atoms with Gasteiger partial charge in [-0.1, -0.05) is 16.8 Å². The fraction of sp³-hybridized carbons (Fsp3) is 0.143. The zero-order valence-electron chi connectivity index (χ0n) is 16.1. The van der Waals surface area contributed by atoms with Crippen LogP contribution in [0.3, 0.4) is 0 Å². The second-order valence-corrected chi connectivity index (χ2v) is 7.11. The molecule has 0 atom stereocenters. The van der Waals surface area contributed by atoms with Crippen molar-refractivity contribution in [1.82, 2.24) is 19.9 Å². The van der Waals surface area contributed by atoms with Crippen molar-refractivity contribution in [3.05, 3.63) is 76.4 Å². The van der Waals surface area contributed by atoms with E-state index in [9.17, 15) is 4.79 Å². The average Bonchev–Trinajstić information content (AvgIpc) is 3.30. The lowest BCUT2D eigenvalue weighted by Crippen LogP contribution is -2.13. The van der Waals surface area contributed by atoms with E-state index in [2.05, 4.69) is 20.6 Å². The number of nitrogens with one attached hydrogen (secondary N) is 1. The van der Waals surface area contributed by atoms with Gasteiger partial charge in [0.15, 0.2) is 0 Å². The van der Waals surface area contributed by atoms with Crippen LogP contribution in [0.15, 0.2) is 53.2 Å². The van der Waals surface area contributed by atoms with Crippen molar-refractivity contribution >= 4 is 23.2 Å². The van der Waals surface area contributed by atoms with E-state index in [1.165, 1.54) is 0 Å². The second kappa shape index (κ2) is 7.52. The van der Waals surface area contributed by atoms with Gasteiger partial charge >= 0.3 is 0 Å². The van der Waals surface area contributed by atoms with Crippen LogP contribution < -0.4 is 5.32 Å². The zero-order chi connectivity index (χ0) is 20.5. The Kier molecular flexibility index (Phi) is 4.90. The summed E-state index contributed by atoms with van der Waals surface area (Å²) in [5.74, 6) is 0.820. The first-order valence-corrected chi connectivity index (χ1v) is 9.33. The van der Waals surface area contributed by atoms with E-state index in [4.69, 9.17) is 16.1 Å². The molecule has 0 aliphatic carbocycles. The first-order valence-electron chi connectivity index (χ1n) is 8.95. The molecule has 2 aromatic heterocycles. The van der Waals surface area contributed by atoms with E-state index >= 15 is 0 Å². The van der Waals surface area contributed by atoms with E-state index in [-0.39, 0.29) is 5.91 Å². The standard InChI is InChI=1S/C21H18ClN5O2/c1-12-10-16(22)6-9-19(12)24-21(28)18-11-27(25-13(18)2)17-7-4-15(5-8-17)20-23-14(3)29-26-20/h4-11H,1-3H3,(H,24,28). The number of aryl methyl sites for hydroxylation is 3. The largest absolute Gasteiger partial charge is 0.339 e. The number of amides is 1. The number of hydrogen-bond acceptors (Lipinski definition) is 5. The van der Waals surface area contributed by atoms with Gasteiger partial charge in [0.1, 0.15) is 0 Å². The number of halogens is 1. The summed E-state index contributed by atoms with van der Waals surface area (Å²) in [5.41, 5.74) is 4.39. The monoisotopic (exact) mass is 407 g/mol. The molecule has 1 N–H and O–H groups in total. The van der Waals surface area contributed by atoms with Crippen LogP contribution in [0.2, 0.25) is 5.02 Å². The highest BCUT2D eigenvalue weighted by Gasteiger charge is 2.15. The molecule has 1 amide bonds. The molecule has 0 radical (unpaired) electrons. The highest BCUT2D eigenvalue weighted by molar-refractivity contribution is 6.30. The number of rotatable bonds is 4. The number of benzene rings is 2. The molecule has 0 aliphatic rings. The Labute approximate surface area is 172 Å². The predicted octanol–water partition coefficient (Wildman–Crippen LogP) is 4.75. The molecular formula is C21H18ClN5O2. The van der Waals surface area contributed by atoms with Crippen LogP contribution in [0.1, 0.15) is 27.5 Å². The molecule has 0 aliphatic heterocycles. The molecule has 0 saturated carbocycles. The second-order valence-electron chi connectivity index (χ2n) is 6.67. The van der Waals surface area contributed by atoms with E-state index < -0.39 is 0 Å². The first kappa shape index (κ1) is 18.9. The summed E-state index contributed by atoms with van der Waals surface area (Å²) in [5, 5.41) is 11.9. The topological polar surface area (TPSA) is 85.8 Å². The molecule has 0 spiro atoms. The Morgan fingerprint density at radius 3 is 2.52 bits per heavy atom. The SMILES string of the molecule is Cc1nc(-c2ccc(-n3cc(C(=O)Nc4ccc(Cl)cc4C)c(C)n3)cc2)no1. The summed E-state index contributed by atoms with van der Waals surface area (Å²) >= 11 is 5.98. The minimum atomic E-state index is -0.224. The van der Waals surface area contributed by atoms with Crippen molar-refractivity contribution in [2.24, 2.45) is 0 Å². The van der Waals surface area contributed by atoms with Crippen molar-refractivity contribution in [1.29, 1.82) is 0 Å². The lowest BCUT2D eigenvalue weighted by Gasteiger charge is -2.08. The van der Waals surface area contributed by atoms with E-state index in [1.807, 2.05) is 31.2 Å². The van der Waals surface area contributed by atoms with Crippen LogP contribution in [0.4, 0.5) is 5.69 Å². The zero-order valence-corrected chi connectivity index (χ0v) is 16.9. The van der Waals surface area contributed by atoms with Crippen LogP contribution >= 0.6 is 11.6 Å². The predicted molar refractivity (Wildman–Crippen MR) is 110 cm³/mol. The molecule has 8 heteroatoms. The number of carbonyl (C=O) groups is 1. The van der Waals surface area contributed by atoms with Gasteiger partial charge < -0.3 is 9.84 Å². The van der Waals surface area contributed by atoms with E-state index in [0.717, 1.165) is 16.8 Å². The number of aromatic nitrogens is 4. The van der Waals surface area contributed by atoms with Gasteiger partial charge in [-0.15, -0.1) is 0 Å². The smallest absolute Gasteiger partial charge is 0.259 e. The van der Waals surface area contributed by atoms with Crippen LogP contribution in [0.25, 0.3) is 17.1 Å². The number of anilines is 1. The van der Waals surface area contributed by atoms with Crippen LogP contribution in [-0.4, -0.2) is 25.8 Å². The summed E-state index contributed by atoms with van der Waals surface area (Å²) < 4.78 is 6.68. The third-order valence-electron chi connectivity index (χ3n) is 4.50. The Hall–Kier alpha value is -3.45. The number of nitrogens with zero attached hydrogens (tertiary/aromatic N) is 4. The van der Waals surface area contributed by atoms with Crippen molar-refractivity contribution in [2.45, 2.75) is 20.8 Å². The summed E-state index contributed by atoms with van der Waals surface area (Å²) in [7, 11) is 0. The van der Waals surface area contributed by atoms with Crippen LogP contribution in [0, 0.1) is 20.8 Å². The molecule has 2 heterocycles. The molecule has 29 heavy (non-hydrogen) atoms. The maximum atomic E-state index is 12.7. The molecule has 0 bridgehead atoms. The molecular weight excluding hydrogens is 390 g/mol. The third kappa shape index (κ3) is 3.90. The molecule has 4 aromatic rings. The third-order valence-corrected chi connectivity index (χ3v) is 4.73. The molecule has 0 unspecified atom stereocenters. The molecule has 4 rings (SSSR count). The highest BCUT2D eigenvalue weighted by Crippen LogP contribution is 2.22. The van der Waals surface area contributed by atoms with Gasteiger partial charge in [0.2, 0.25) is 11.7 Å². The van der Waals surface area contributed by atoms with Crippen LogP contribution in [0.5, 0.6) is 0 Å². The normalized spacial score (nSPS) is 10.9. The van der Waals surface area contributed by atoms with Gasteiger partial charge in [-0.25, -0.2) is 4.68 Å². The van der Waals surface area contributed by atoms with Gasteiger partial charge in [-0.2, -0.15) is 10.1 Å². The summed E-state index contributed by atoms with van der Waals surface area (Å²) in [6, 6.07) is 12.9. The summed E-state index contributed by atoms with van der Waals surface area (Å²) in [4.78, 5) is 16.9. The minimum Gasteiger partial charge on any atom is -0.339 e. The molecule has 146 valence electrons. The quantitative estimate of drug-likeness (QED) is 0.527. The maximum Gasteiger partial charge on any atom is 0.259 e. The Balaban J connectivity index is 1.56. The van der Waals surface area contributed by atoms with Crippen molar-refractivity contribution in [3.8, 4) is 17.1 Å². The Morgan fingerprint density at radius 2 is 1.86 bits per heavy atom. The van der Waals surface area contributed by atoms with Gasteiger partial charge in [0, 0.05) is 29.4 Å². The first-order chi connectivity index (χ1) is 13.9. The van der Waals surface area contributed by atoms with Gasteiger partial charge in [0.05, 0.1) is 16.9 Å². The summed E-state index contributed by atoms with van der Waals surface area (Å²) in [6.45, 7) is 5.44. The minimum absolute atomic E-state index is 0.224. The fourth-order valence-electron chi connectivity index (χ4n) is 2.95. The Morgan fingerprint density at radius 1 is 1.10 bits per heavy atom. The van der Waals surface area contributed by atoms with Crippen molar-refractivity contribution in [2.75, 3.05) is 5.32 Å². The highest BCUT2D eigenvalue weighted by atomic mass is 35.5. The van der Waals surface area contributed by atoms with E-state index in [0.29, 0.717) is 33.7 Å². The number of carbonyl (C=O) groups excluding carboxylic acids is 1. The lowest BCUT2D eigenvalue weighted by molar-refractivity contribution is 0.102. The van der Waals surface area contributed by atoms with E-state index in [1.54, 1.807) is 42.9 Å². The van der Waals surface area contributed by atoms with Crippen LogP contribution in [-0.2, 0) is 0 Å². The maximum absolute atomic E-state index is 12.7. The lowest BCUT2D eigenvalue weighted by atomic mass is 10.2. The molecule has 0 fully saturated rings. The molecule has 7 nitrogen and oxygen atoms in total. The van der Waals surface area contributed by atoms with Gasteiger partial charge in [-0.05, 0) is 61.9 Å². The molecule has 0 saturated heterocycles. The van der Waals surface area contributed by atoms with Gasteiger partial charge in [-0.3, -0.25) is 4.79 Å². The molecule has 2 aromatic carbocycles. The van der Waals surface area contributed by atoms with Crippen molar-refractivity contribution in [3.63, 3.8) is 0 Å². The number of hydrogen-bond donors (Lipinski definition) is 1. The average molecular weight is 408 g/mol. The Bertz CT molecular complexity index is 1190. The van der Waals surface area contributed by atoms with Crippen molar-refractivity contribution < 1.29 is 9.32 Å². The van der Waals surface area contributed by atoms with Gasteiger partial charge in [0.25, 0.3) is 5.91 Å². The fourth-order valence-corrected chi connectivity index (χ4v) is 3.18. The summed E-state index contributed by atoms with van der Waals surface area (Å²) in [6.07, 6.45) is 1.71.